The van der Waals surface area contributed by atoms with Crippen molar-refractivity contribution < 1.29 is 9.63 Å². The molecule has 0 aliphatic carbocycles. The van der Waals surface area contributed by atoms with E-state index in [4.69, 9.17) is 4.52 Å². The van der Waals surface area contributed by atoms with Crippen LogP contribution >= 0.6 is 0 Å². The van der Waals surface area contributed by atoms with Gasteiger partial charge in [-0.15, -0.1) is 4.91 Å². The van der Waals surface area contributed by atoms with Crippen molar-refractivity contribution >= 4 is 28.0 Å². The molecule has 106 valence electrons. The van der Waals surface area contributed by atoms with Gasteiger partial charge < -0.3 is 14.9 Å². The van der Waals surface area contributed by atoms with E-state index in [-0.39, 0.29) is 11.4 Å². The SMILES string of the molecule is Cc1noc(Nc2cc(O)c(N=O)c3ccccc23)c1C. The number of nitroso groups, excluding NO2 is 1. The van der Waals surface area contributed by atoms with Gasteiger partial charge in [0, 0.05) is 22.4 Å². The van der Waals surface area contributed by atoms with E-state index in [9.17, 15) is 10.0 Å². The molecule has 6 heteroatoms. The molecule has 1 aromatic heterocycles. The van der Waals surface area contributed by atoms with E-state index < -0.39 is 0 Å². The molecule has 2 aromatic carbocycles. The summed E-state index contributed by atoms with van der Waals surface area (Å²) in [6.07, 6.45) is 0. The number of phenolic OH excluding ortho intramolecular Hbond substituents is 1. The quantitative estimate of drug-likeness (QED) is 0.700. The standard InChI is InChI=1S/C15H13N3O3/c1-8-9(2)18-21-15(8)16-12-7-13(19)14(17-20)11-6-4-3-5-10(11)12/h3-7,16,19H,1-2H3. The normalized spacial score (nSPS) is 10.8. The van der Waals surface area contributed by atoms with Gasteiger partial charge in [0.1, 0.15) is 5.75 Å². The summed E-state index contributed by atoms with van der Waals surface area (Å²) in [6, 6.07) is 8.65. The molecule has 3 aromatic rings. The van der Waals surface area contributed by atoms with Crippen LogP contribution in [0.25, 0.3) is 10.8 Å². The zero-order valence-electron chi connectivity index (χ0n) is 11.5. The monoisotopic (exact) mass is 283 g/mol. The minimum atomic E-state index is -0.180. The zero-order chi connectivity index (χ0) is 15.0. The molecule has 2 N–H and O–H groups in total. The fourth-order valence-corrected chi connectivity index (χ4v) is 2.20. The molecule has 0 aliphatic rings. The smallest absolute Gasteiger partial charge is 0.232 e. The summed E-state index contributed by atoms with van der Waals surface area (Å²) in [5, 5.41) is 21.2. The fourth-order valence-electron chi connectivity index (χ4n) is 2.20. The second kappa shape index (κ2) is 4.90. The average Bonchev–Trinajstić information content (AvgIpc) is 2.79. The Bertz CT molecular complexity index is 840. The van der Waals surface area contributed by atoms with Crippen LogP contribution in [-0.2, 0) is 0 Å². The second-order valence-corrected chi connectivity index (χ2v) is 4.78. The Hall–Kier alpha value is -2.89. The highest BCUT2D eigenvalue weighted by atomic mass is 16.5. The molecule has 0 bridgehead atoms. The average molecular weight is 283 g/mol. The van der Waals surface area contributed by atoms with Crippen LogP contribution in [0.5, 0.6) is 5.75 Å². The molecule has 0 spiro atoms. The first kappa shape index (κ1) is 13.1. The van der Waals surface area contributed by atoms with Crippen LogP contribution in [-0.4, -0.2) is 10.3 Å². The molecule has 0 aliphatic heterocycles. The number of nitrogens with one attached hydrogen (secondary N) is 1. The van der Waals surface area contributed by atoms with Gasteiger partial charge in [-0.05, 0) is 19.0 Å². The lowest BCUT2D eigenvalue weighted by molar-refractivity contribution is 0.429. The highest BCUT2D eigenvalue weighted by Gasteiger charge is 2.15. The zero-order valence-corrected chi connectivity index (χ0v) is 11.5. The van der Waals surface area contributed by atoms with E-state index in [0.717, 1.165) is 16.6 Å². The Morgan fingerprint density at radius 3 is 2.57 bits per heavy atom. The molecule has 1 heterocycles. The van der Waals surface area contributed by atoms with Gasteiger partial charge in [0.05, 0.1) is 11.4 Å². The Morgan fingerprint density at radius 1 is 1.24 bits per heavy atom. The molecule has 0 saturated carbocycles. The van der Waals surface area contributed by atoms with Gasteiger partial charge in [-0.3, -0.25) is 0 Å². The summed E-state index contributed by atoms with van der Waals surface area (Å²) in [6.45, 7) is 3.73. The van der Waals surface area contributed by atoms with Gasteiger partial charge in [0.15, 0.2) is 5.69 Å². The van der Waals surface area contributed by atoms with E-state index in [2.05, 4.69) is 15.7 Å². The maximum absolute atomic E-state index is 10.9. The largest absolute Gasteiger partial charge is 0.505 e. The molecular weight excluding hydrogens is 270 g/mol. The number of aromatic hydroxyl groups is 1. The molecule has 0 radical (unpaired) electrons. The third-order valence-corrected chi connectivity index (χ3v) is 3.49. The van der Waals surface area contributed by atoms with E-state index in [1.165, 1.54) is 6.07 Å². The van der Waals surface area contributed by atoms with Gasteiger partial charge in [-0.25, -0.2) is 0 Å². The lowest BCUT2D eigenvalue weighted by Gasteiger charge is -2.10. The van der Waals surface area contributed by atoms with Crippen molar-refractivity contribution in [2.24, 2.45) is 5.18 Å². The minimum Gasteiger partial charge on any atom is -0.505 e. The summed E-state index contributed by atoms with van der Waals surface area (Å²) >= 11 is 0. The van der Waals surface area contributed by atoms with Crippen LogP contribution in [0.4, 0.5) is 17.3 Å². The third-order valence-electron chi connectivity index (χ3n) is 3.49. The van der Waals surface area contributed by atoms with Crippen molar-refractivity contribution in [2.75, 3.05) is 5.32 Å². The van der Waals surface area contributed by atoms with Gasteiger partial charge in [-0.2, -0.15) is 0 Å². The first-order valence-corrected chi connectivity index (χ1v) is 6.39. The van der Waals surface area contributed by atoms with Gasteiger partial charge in [0.2, 0.25) is 5.88 Å². The first-order valence-electron chi connectivity index (χ1n) is 6.39. The van der Waals surface area contributed by atoms with Crippen LogP contribution in [0.2, 0.25) is 0 Å². The number of aromatic nitrogens is 1. The molecule has 3 rings (SSSR count). The molecule has 0 unspecified atom stereocenters. The molecule has 0 amide bonds. The highest BCUT2D eigenvalue weighted by molar-refractivity contribution is 6.04. The molecule has 0 saturated heterocycles. The summed E-state index contributed by atoms with van der Waals surface area (Å²) < 4.78 is 5.22. The number of phenols is 1. The number of rotatable bonds is 3. The van der Waals surface area contributed by atoms with Gasteiger partial charge in [0.25, 0.3) is 0 Å². The Morgan fingerprint density at radius 2 is 1.95 bits per heavy atom. The van der Waals surface area contributed by atoms with Crippen molar-refractivity contribution in [1.82, 2.24) is 5.16 Å². The molecule has 21 heavy (non-hydrogen) atoms. The summed E-state index contributed by atoms with van der Waals surface area (Å²) in [4.78, 5) is 10.9. The van der Waals surface area contributed by atoms with Crippen LogP contribution < -0.4 is 5.32 Å². The first-order chi connectivity index (χ1) is 10.1. The molecule has 0 fully saturated rings. The van der Waals surface area contributed by atoms with Crippen LogP contribution in [0.1, 0.15) is 11.3 Å². The number of nitrogens with zero attached hydrogens (tertiary/aromatic N) is 2. The number of aryl methyl sites for hydroxylation is 1. The second-order valence-electron chi connectivity index (χ2n) is 4.78. The summed E-state index contributed by atoms with van der Waals surface area (Å²) in [7, 11) is 0. The Kier molecular flexibility index (Phi) is 3.06. The van der Waals surface area contributed by atoms with Crippen molar-refractivity contribution in [3.05, 3.63) is 46.5 Å². The summed E-state index contributed by atoms with van der Waals surface area (Å²) in [5.74, 6) is 0.323. The Labute approximate surface area is 120 Å². The van der Waals surface area contributed by atoms with Crippen LogP contribution in [0, 0.1) is 18.8 Å². The molecule has 6 nitrogen and oxygen atoms in total. The third kappa shape index (κ3) is 2.10. The maximum Gasteiger partial charge on any atom is 0.232 e. The Balaban J connectivity index is 2.19. The predicted molar refractivity (Wildman–Crippen MR) is 80.3 cm³/mol. The molecular formula is C15H13N3O3. The number of anilines is 2. The maximum atomic E-state index is 10.9. The van der Waals surface area contributed by atoms with Crippen molar-refractivity contribution in [3.8, 4) is 5.75 Å². The van der Waals surface area contributed by atoms with Crippen LogP contribution in [0.3, 0.4) is 0 Å². The van der Waals surface area contributed by atoms with E-state index in [0.29, 0.717) is 17.0 Å². The molecule has 0 atom stereocenters. The van der Waals surface area contributed by atoms with Crippen LogP contribution in [0.15, 0.2) is 40.0 Å². The van der Waals surface area contributed by atoms with Crippen molar-refractivity contribution in [1.29, 1.82) is 0 Å². The lowest BCUT2D eigenvalue weighted by Crippen LogP contribution is -1.92. The van der Waals surface area contributed by atoms with E-state index in [1.807, 2.05) is 26.0 Å². The van der Waals surface area contributed by atoms with Gasteiger partial charge in [-0.1, -0.05) is 29.4 Å². The fraction of sp³-hybridized carbons (Fsp3) is 0.133. The van der Waals surface area contributed by atoms with E-state index >= 15 is 0 Å². The highest BCUT2D eigenvalue weighted by Crippen LogP contribution is 2.40. The van der Waals surface area contributed by atoms with Crippen molar-refractivity contribution in [2.45, 2.75) is 13.8 Å². The number of fused-ring (bicyclic) bond motifs is 1. The summed E-state index contributed by atoms with van der Waals surface area (Å²) in [5.41, 5.74) is 2.32. The van der Waals surface area contributed by atoms with Crippen molar-refractivity contribution in [3.63, 3.8) is 0 Å². The minimum absolute atomic E-state index is 0.0293. The number of hydrogen-bond acceptors (Lipinski definition) is 6. The predicted octanol–water partition coefficient (Wildman–Crippen LogP) is 4.29. The number of benzene rings is 2. The lowest BCUT2D eigenvalue weighted by atomic mass is 10.1. The topological polar surface area (TPSA) is 87.7 Å². The van der Waals surface area contributed by atoms with E-state index in [1.54, 1.807) is 12.1 Å². The number of hydrogen-bond donors (Lipinski definition) is 2. The van der Waals surface area contributed by atoms with Gasteiger partial charge >= 0.3 is 0 Å².